The number of rotatable bonds is 4. The number of carbonyl (C=O) groups excluding carboxylic acids is 1. The van der Waals surface area contributed by atoms with Gasteiger partial charge in [0.1, 0.15) is 11.5 Å². The fraction of sp³-hybridized carbons (Fsp3) is 0.350. The number of aryl methyl sites for hydroxylation is 1. The van der Waals surface area contributed by atoms with Crippen LogP contribution in [0, 0.1) is 6.92 Å². The number of nitrogens with zero attached hydrogens (tertiary/aromatic N) is 1. The van der Waals surface area contributed by atoms with E-state index in [4.69, 9.17) is 4.74 Å². The highest BCUT2D eigenvalue weighted by Crippen LogP contribution is 2.30. The number of amides is 1. The summed E-state index contributed by atoms with van der Waals surface area (Å²) in [7, 11) is 1.67. The number of hydrogen-bond acceptors (Lipinski definition) is 4. The highest BCUT2D eigenvalue weighted by atomic mass is 16.5. The van der Waals surface area contributed by atoms with Gasteiger partial charge in [-0.3, -0.25) is 4.79 Å². The molecule has 2 aromatic rings. The zero-order chi connectivity index (χ0) is 17.8. The predicted octanol–water partition coefficient (Wildman–Crippen LogP) is 3.11. The molecule has 0 spiro atoms. The highest BCUT2D eigenvalue weighted by Gasteiger charge is 2.24. The van der Waals surface area contributed by atoms with Crippen molar-refractivity contribution in [3.63, 3.8) is 0 Å². The molecular formula is C20H24N2O3. The van der Waals surface area contributed by atoms with Gasteiger partial charge in [-0.25, -0.2) is 0 Å². The molecule has 1 fully saturated rings. The average Bonchev–Trinajstić information content (AvgIpc) is 2.61. The van der Waals surface area contributed by atoms with Gasteiger partial charge < -0.3 is 20.1 Å². The maximum absolute atomic E-state index is 12.5. The van der Waals surface area contributed by atoms with E-state index in [0.717, 1.165) is 42.9 Å². The Kier molecular flexibility index (Phi) is 5.12. The van der Waals surface area contributed by atoms with Gasteiger partial charge in [-0.1, -0.05) is 18.2 Å². The van der Waals surface area contributed by atoms with E-state index in [1.165, 1.54) is 0 Å². The molecule has 2 N–H and O–H groups in total. The lowest BCUT2D eigenvalue weighted by Crippen LogP contribution is -2.47. The number of phenolic OH excluding ortho intramolecular Hbond substituents is 1. The van der Waals surface area contributed by atoms with Crippen LogP contribution in [0.3, 0.4) is 0 Å². The van der Waals surface area contributed by atoms with Gasteiger partial charge in [-0.05, 0) is 49.6 Å². The molecule has 0 bridgehead atoms. The van der Waals surface area contributed by atoms with E-state index in [1.54, 1.807) is 19.2 Å². The molecule has 1 aliphatic rings. The van der Waals surface area contributed by atoms with Crippen LogP contribution < -0.4 is 15.0 Å². The summed E-state index contributed by atoms with van der Waals surface area (Å²) in [6.07, 6.45) is 1.91. The Morgan fingerprint density at radius 3 is 2.84 bits per heavy atom. The molecule has 5 heteroatoms. The maximum Gasteiger partial charge on any atom is 0.255 e. The number of para-hydroxylation sites is 2. The summed E-state index contributed by atoms with van der Waals surface area (Å²) in [5.74, 6) is 0.630. The van der Waals surface area contributed by atoms with Gasteiger partial charge in [0, 0.05) is 19.1 Å². The Balaban J connectivity index is 1.70. The SMILES string of the molecule is COc1ccccc1N1CCCC(NC(=O)c2ccc(C)cc2O)C1. The minimum absolute atomic E-state index is 0.0231. The molecule has 0 radical (unpaired) electrons. The normalized spacial score (nSPS) is 17.2. The first-order valence-corrected chi connectivity index (χ1v) is 8.57. The first-order valence-electron chi connectivity index (χ1n) is 8.57. The van der Waals surface area contributed by atoms with E-state index >= 15 is 0 Å². The summed E-state index contributed by atoms with van der Waals surface area (Å²) >= 11 is 0. The number of anilines is 1. The predicted molar refractivity (Wildman–Crippen MR) is 98.5 cm³/mol. The van der Waals surface area contributed by atoms with Gasteiger partial charge in [0.15, 0.2) is 0 Å². The van der Waals surface area contributed by atoms with E-state index in [1.807, 2.05) is 37.3 Å². The lowest BCUT2D eigenvalue weighted by Gasteiger charge is -2.35. The molecule has 25 heavy (non-hydrogen) atoms. The summed E-state index contributed by atoms with van der Waals surface area (Å²) in [6, 6.07) is 13.1. The van der Waals surface area contributed by atoms with Gasteiger partial charge in [0.25, 0.3) is 5.91 Å². The standard InChI is InChI=1S/C20H24N2O3/c1-14-9-10-16(18(23)12-14)20(24)21-15-6-5-11-22(13-15)17-7-3-4-8-19(17)25-2/h3-4,7-10,12,15,23H,5-6,11,13H2,1-2H3,(H,21,24). The number of ether oxygens (including phenoxy) is 1. The van der Waals surface area contributed by atoms with Crippen LogP contribution in [0.15, 0.2) is 42.5 Å². The van der Waals surface area contributed by atoms with Crippen LogP contribution in [0.1, 0.15) is 28.8 Å². The first-order chi connectivity index (χ1) is 12.1. The summed E-state index contributed by atoms with van der Waals surface area (Å²) in [6.45, 7) is 3.54. The maximum atomic E-state index is 12.5. The van der Waals surface area contributed by atoms with Crippen LogP contribution in [0.4, 0.5) is 5.69 Å². The van der Waals surface area contributed by atoms with Crippen molar-refractivity contribution in [1.29, 1.82) is 0 Å². The highest BCUT2D eigenvalue weighted by molar-refractivity contribution is 5.97. The monoisotopic (exact) mass is 340 g/mol. The van der Waals surface area contributed by atoms with Crippen molar-refractivity contribution in [1.82, 2.24) is 5.32 Å². The van der Waals surface area contributed by atoms with Gasteiger partial charge >= 0.3 is 0 Å². The minimum atomic E-state index is -0.232. The van der Waals surface area contributed by atoms with Crippen molar-refractivity contribution in [2.45, 2.75) is 25.8 Å². The van der Waals surface area contributed by atoms with Gasteiger partial charge in [-0.2, -0.15) is 0 Å². The topological polar surface area (TPSA) is 61.8 Å². The number of methoxy groups -OCH3 is 1. The van der Waals surface area contributed by atoms with Gasteiger partial charge in [-0.15, -0.1) is 0 Å². The number of nitrogens with one attached hydrogen (secondary N) is 1. The number of phenols is 1. The zero-order valence-corrected chi connectivity index (χ0v) is 14.7. The van der Waals surface area contributed by atoms with Crippen molar-refractivity contribution >= 4 is 11.6 Å². The Morgan fingerprint density at radius 2 is 2.08 bits per heavy atom. The second kappa shape index (κ2) is 7.47. The van der Waals surface area contributed by atoms with Crippen molar-refractivity contribution < 1.29 is 14.6 Å². The Labute approximate surface area is 148 Å². The number of aromatic hydroxyl groups is 1. The van der Waals surface area contributed by atoms with Crippen molar-refractivity contribution in [3.8, 4) is 11.5 Å². The number of carbonyl (C=O) groups is 1. The molecule has 3 rings (SSSR count). The summed E-state index contributed by atoms with van der Waals surface area (Å²) < 4.78 is 5.45. The molecule has 2 aromatic carbocycles. The Hall–Kier alpha value is -2.69. The summed E-state index contributed by atoms with van der Waals surface area (Å²) in [4.78, 5) is 14.7. The van der Waals surface area contributed by atoms with Gasteiger partial charge in [0.05, 0.1) is 18.4 Å². The van der Waals surface area contributed by atoms with E-state index in [0.29, 0.717) is 5.56 Å². The molecule has 1 amide bonds. The Morgan fingerprint density at radius 1 is 1.28 bits per heavy atom. The third-order valence-corrected chi connectivity index (χ3v) is 4.58. The number of benzene rings is 2. The quantitative estimate of drug-likeness (QED) is 0.898. The van der Waals surface area contributed by atoms with Crippen LogP contribution >= 0.6 is 0 Å². The smallest absolute Gasteiger partial charge is 0.255 e. The fourth-order valence-corrected chi connectivity index (χ4v) is 3.30. The van der Waals surface area contributed by atoms with Crippen LogP contribution in [0.2, 0.25) is 0 Å². The van der Waals surface area contributed by atoms with Crippen molar-refractivity contribution in [3.05, 3.63) is 53.6 Å². The van der Waals surface area contributed by atoms with E-state index in [9.17, 15) is 9.90 Å². The third kappa shape index (κ3) is 3.87. The van der Waals surface area contributed by atoms with Crippen LogP contribution in [-0.4, -0.2) is 37.3 Å². The van der Waals surface area contributed by atoms with Crippen molar-refractivity contribution in [2.24, 2.45) is 0 Å². The molecule has 5 nitrogen and oxygen atoms in total. The molecule has 0 saturated carbocycles. The van der Waals surface area contributed by atoms with Crippen LogP contribution in [0.5, 0.6) is 11.5 Å². The second-order valence-corrected chi connectivity index (χ2v) is 6.45. The zero-order valence-electron chi connectivity index (χ0n) is 14.7. The molecule has 0 aromatic heterocycles. The minimum Gasteiger partial charge on any atom is -0.507 e. The molecule has 1 atom stereocenters. The van der Waals surface area contributed by atoms with Crippen molar-refractivity contribution in [2.75, 3.05) is 25.1 Å². The van der Waals surface area contributed by atoms with Crippen LogP contribution in [-0.2, 0) is 0 Å². The third-order valence-electron chi connectivity index (χ3n) is 4.58. The lowest BCUT2D eigenvalue weighted by atomic mass is 10.0. The fourth-order valence-electron chi connectivity index (χ4n) is 3.30. The molecule has 1 saturated heterocycles. The number of hydrogen-bond donors (Lipinski definition) is 2. The van der Waals surface area contributed by atoms with E-state index in [-0.39, 0.29) is 17.7 Å². The summed E-state index contributed by atoms with van der Waals surface area (Å²) in [5.41, 5.74) is 2.29. The first kappa shape index (κ1) is 17.1. The largest absolute Gasteiger partial charge is 0.507 e. The Bertz CT molecular complexity index is 760. The second-order valence-electron chi connectivity index (χ2n) is 6.45. The average molecular weight is 340 g/mol. The summed E-state index contributed by atoms with van der Waals surface area (Å²) in [5, 5.41) is 13.1. The molecule has 1 heterocycles. The lowest BCUT2D eigenvalue weighted by molar-refractivity contribution is 0.0930. The molecule has 0 aliphatic carbocycles. The molecule has 132 valence electrons. The van der Waals surface area contributed by atoms with E-state index in [2.05, 4.69) is 10.2 Å². The van der Waals surface area contributed by atoms with Crippen LogP contribution in [0.25, 0.3) is 0 Å². The number of piperidine rings is 1. The molecular weight excluding hydrogens is 316 g/mol. The molecule has 1 unspecified atom stereocenters. The van der Waals surface area contributed by atoms with E-state index < -0.39 is 0 Å². The van der Waals surface area contributed by atoms with Gasteiger partial charge in [0.2, 0.25) is 0 Å². The molecule has 1 aliphatic heterocycles.